The lowest BCUT2D eigenvalue weighted by molar-refractivity contribution is -0.153. The van der Waals surface area contributed by atoms with Gasteiger partial charge in [0, 0.05) is 25.4 Å². The summed E-state index contributed by atoms with van der Waals surface area (Å²) in [6.07, 6.45) is 3.43. The molecule has 1 N–H and O–H groups in total. The molecule has 0 aliphatic rings. The summed E-state index contributed by atoms with van der Waals surface area (Å²) in [7, 11) is 0. The number of rotatable bonds is 6. The topological polar surface area (TPSA) is 68.3 Å². The maximum absolute atomic E-state index is 11.2. The second-order valence-electron chi connectivity index (χ2n) is 3.06. The Morgan fingerprint density at radius 2 is 2.31 bits per heavy atom. The lowest BCUT2D eigenvalue weighted by Gasteiger charge is -2.04. The highest BCUT2D eigenvalue weighted by atomic mass is 16.5. The fourth-order valence-corrected chi connectivity index (χ4v) is 1.10. The number of ether oxygens (including phenoxy) is 1. The SMILES string of the molecule is CCOC(=O)C(=O)CCNc1cccnc1. The molecule has 0 spiro atoms. The number of ketones is 1. The Morgan fingerprint density at radius 3 is 2.94 bits per heavy atom. The first-order valence-electron chi connectivity index (χ1n) is 5.08. The van der Waals surface area contributed by atoms with Crippen molar-refractivity contribution in [3.63, 3.8) is 0 Å². The van der Waals surface area contributed by atoms with Crippen molar-refractivity contribution >= 4 is 17.4 Å². The molecule has 1 heterocycles. The van der Waals surface area contributed by atoms with E-state index in [-0.39, 0.29) is 13.0 Å². The standard InChI is InChI=1S/C11H14N2O3/c1-2-16-11(15)10(14)5-7-13-9-4-3-6-12-8-9/h3-4,6,8,13H,2,5,7H2,1H3. The minimum Gasteiger partial charge on any atom is -0.460 e. The summed E-state index contributed by atoms with van der Waals surface area (Å²) in [4.78, 5) is 26.1. The van der Waals surface area contributed by atoms with Crippen LogP contribution >= 0.6 is 0 Å². The van der Waals surface area contributed by atoms with Crippen molar-refractivity contribution in [3.8, 4) is 0 Å². The third-order valence-electron chi connectivity index (χ3n) is 1.85. The van der Waals surface area contributed by atoms with Crippen molar-refractivity contribution in [1.82, 2.24) is 4.98 Å². The lowest BCUT2D eigenvalue weighted by atomic mass is 10.3. The van der Waals surface area contributed by atoms with Crippen LogP contribution in [-0.2, 0) is 14.3 Å². The molecule has 5 heteroatoms. The molecule has 0 fully saturated rings. The van der Waals surface area contributed by atoms with Crippen LogP contribution in [0.4, 0.5) is 5.69 Å². The Balaban J connectivity index is 2.26. The van der Waals surface area contributed by atoms with E-state index >= 15 is 0 Å². The van der Waals surface area contributed by atoms with E-state index in [1.807, 2.05) is 6.07 Å². The van der Waals surface area contributed by atoms with E-state index in [4.69, 9.17) is 0 Å². The fraction of sp³-hybridized carbons (Fsp3) is 0.364. The van der Waals surface area contributed by atoms with Gasteiger partial charge in [-0.05, 0) is 19.1 Å². The second kappa shape index (κ2) is 6.55. The first kappa shape index (κ1) is 12.2. The zero-order valence-electron chi connectivity index (χ0n) is 9.10. The van der Waals surface area contributed by atoms with Crippen molar-refractivity contribution in [1.29, 1.82) is 0 Å². The normalized spacial score (nSPS) is 9.56. The first-order valence-corrected chi connectivity index (χ1v) is 5.08. The van der Waals surface area contributed by atoms with Gasteiger partial charge in [0.25, 0.3) is 0 Å². The molecule has 5 nitrogen and oxygen atoms in total. The molecule has 0 aliphatic carbocycles. The maximum Gasteiger partial charge on any atom is 0.374 e. The highest BCUT2D eigenvalue weighted by Crippen LogP contribution is 2.02. The van der Waals surface area contributed by atoms with Gasteiger partial charge >= 0.3 is 5.97 Å². The van der Waals surface area contributed by atoms with Crippen LogP contribution in [-0.4, -0.2) is 29.9 Å². The molecular weight excluding hydrogens is 208 g/mol. The number of esters is 1. The summed E-state index contributed by atoms with van der Waals surface area (Å²) in [6, 6.07) is 3.62. The van der Waals surface area contributed by atoms with Crippen molar-refractivity contribution in [3.05, 3.63) is 24.5 Å². The van der Waals surface area contributed by atoms with Crippen LogP contribution in [0.3, 0.4) is 0 Å². The van der Waals surface area contributed by atoms with E-state index in [0.29, 0.717) is 6.54 Å². The number of Topliss-reactive ketones (excluding diaryl/α,β-unsaturated/α-hetero) is 1. The zero-order valence-corrected chi connectivity index (χ0v) is 9.10. The molecule has 0 unspecified atom stereocenters. The molecule has 1 rings (SSSR count). The van der Waals surface area contributed by atoms with Gasteiger partial charge in [-0.3, -0.25) is 9.78 Å². The minimum atomic E-state index is -0.768. The van der Waals surface area contributed by atoms with Gasteiger partial charge in [0.2, 0.25) is 5.78 Å². The van der Waals surface area contributed by atoms with Crippen LogP contribution in [0.1, 0.15) is 13.3 Å². The average Bonchev–Trinajstić information content (AvgIpc) is 2.30. The van der Waals surface area contributed by atoms with Gasteiger partial charge in [0.05, 0.1) is 12.3 Å². The van der Waals surface area contributed by atoms with Crippen LogP contribution in [0.2, 0.25) is 0 Å². The van der Waals surface area contributed by atoms with Gasteiger partial charge in [-0.2, -0.15) is 0 Å². The second-order valence-corrected chi connectivity index (χ2v) is 3.06. The van der Waals surface area contributed by atoms with E-state index in [0.717, 1.165) is 5.69 Å². The third kappa shape index (κ3) is 4.08. The summed E-state index contributed by atoms with van der Waals surface area (Å²) < 4.78 is 4.58. The molecular formula is C11H14N2O3. The van der Waals surface area contributed by atoms with Crippen LogP contribution < -0.4 is 5.32 Å². The van der Waals surface area contributed by atoms with E-state index in [2.05, 4.69) is 15.0 Å². The molecule has 1 aromatic rings. The number of carbonyl (C=O) groups excluding carboxylic acids is 2. The van der Waals surface area contributed by atoms with E-state index in [1.54, 1.807) is 25.4 Å². The first-order chi connectivity index (χ1) is 7.74. The summed E-state index contributed by atoms with van der Waals surface area (Å²) in [5, 5.41) is 2.98. The van der Waals surface area contributed by atoms with Gasteiger partial charge < -0.3 is 10.1 Å². The quantitative estimate of drug-likeness (QED) is 0.574. The summed E-state index contributed by atoms with van der Waals surface area (Å²) in [6.45, 7) is 2.28. The molecule has 86 valence electrons. The Kier molecular flexibility index (Phi) is 4.98. The number of carbonyl (C=O) groups is 2. The number of hydrogen-bond donors (Lipinski definition) is 1. The molecule has 0 aromatic carbocycles. The Labute approximate surface area is 93.8 Å². The van der Waals surface area contributed by atoms with Gasteiger partial charge in [-0.1, -0.05) is 0 Å². The predicted octanol–water partition coefficient (Wildman–Crippen LogP) is 1.02. The predicted molar refractivity (Wildman–Crippen MR) is 59.0 cm³/mol. The van der Waals surface area contributed by atoms with Crippen LogP contribution in [0.25, 0.3) is 0 Å². The van der Waals surface area contributed by atoms with Crippen molar-refractivity contribution in [2.45, 2.75) is 13.3 Å². The van der Waals surface area contributed by atoms with Crippen molar-refractivity contribution < 1.29 is 14.3 Å². The molecule has 0 aliphatic heterocycles. The minimum absolute atomic E-state index is 0.119. The Morgan fingerprint density at radius 1 is 1.50 bits per heavy atom. The van der Waals surface area contributed by atoms with Gasteiger partial charge in [-0.15, -0.1) is 0 Å². The highest BCUT2D eigenvalue weighted by molar-refractivity contribution is 6.33. The summed E-state index contributed by atoms with van der Waals surface area (Å²) >= 11 is 0. The van der Waals surface area contributed by atoms with E-state index in [1.165, 1.54) is 0 Å². The van der Waals surface area contributed by atoms with Crippen LogP contribution in [0.5, 0.6) is 0 Å². The molecule has 0 saturated heterocycles. The van der Waals surface area contributed by atoms with Crippen LogP contribution in [0.15, 0.2) is 24.5 Å². The smallest absolute Gasteiger partial charge is 0.374 e. The molecule has 1 aromatic heterocycles. The van der Waals surface area contributed by atoms with E-state index < -0.39 is 11.8 Å². The Bertz CT molecular complexity index is 352. The monoisotopic (exact) mass is 222 g/mol. The summed E-state index contributed by atoms with van der Waals surface area (Å²) in [5.41, 5.74) is 0.819. The number of aromatic nitrogens is 1. The molecule has 0 bridgehead atoms. The van der Waals surface area contributed by atoms with Crippen molar-refractivity contribution in [2.24, 2.45) is 0 Å². The molecule has 0 saturated carbocycles. The van der Waals surface area contributed by atoms with Gasteiger partial charge in [-0.25, -0.2) is 4.79 Å². The Hall–Kier alpha value is -1.91. The number of pyridine rings is 1. The average molecular weight is 222 g/mol. The molecule has 16 heavy (non-hydrogen) atoms. The fourth-order valence-electron chi connectivity index (χ4n) is 1.10. The number of hydrogen-bond acceptors (Lipinski definition) is 5. The lowest BCUT2D eigenvalue weighted by Crippen LogP contribution is -2.20. The molecule has 0 radical (unpaired) electrons. The van der Waals surface area contributed by atoms with E-state index in [9.17, 15) is 9.59 Å². The van der Waals surface area contributed by atoms with Crippen LogP contribution in [0, 0.1) is 0 Å². The highest BCUT2D eigenvalue weighted by Gasteiger charge is 2.13. The zero-order chi connectivity index (χ0) is 11.8. The largest absolute Gasteiger partial charge is 0.460 e. The number of anilines is 1. The number of nitrogens with one attached hydrogen (secondary N) is 1. The van der Waals surface area contributed by atoms with Gasteiger partial charge in [0.15, 0.2) is 0 Å². The van der Waals surface area contributed by atoms with Crippen molar-refractivity contribution in [2.75, 3.05) is 18.5 Å². The maximum atomic E-state index is 11.2. The molecule has 0 atom stereocenters. The molecule has 0 amide bonds. The summed E-state index contributed by atoms with van der Waals surface area (Å²) in [5.74, 6) is -1.28. The van der Waals surface area contributed by atoms with Gasteiger partial charge in [0.1, 0.15) is 0 Å². The number of nitrogens with zero attached hydrogens (tertiary/aromatic N) is 1. The third-order valence-corrected chi connectivity index (χ3v) is 1.85.